The summed E-state index contributed by atoms with van der Waals surface area (Å²) >= 11 is 0. The molecule has 0 radical (unpaired) electrons. The lowest BCUT2D eigenvalue weighted by Crippen LogP contribution is -2.46. The van der Waals surface area contributed by atoms with E-state index in [0.717, 1.165) is 12.8 Å². The molecule has 96 valence electrons. The third-order valence-corrected chi connectivity index (χ3v) is 3.41. The fraction of sp³-hybridized carbons (Fsp3) is 0.667. The van der Waals surface area contributed by atoms with Crippen LogP contribution in [0.4, 0.5) is 0 Å². The molecule has 1 rings (SSSR count). The molecule has 0 unspecified atom stereocenters. The molecule has 0 spiro atoms. The van der Waals surface area contributed by atoms with Crippen molar-refractivity contribution in [2.24, 2.45) is 11.1 Å². The first-order chi connectivity index (χ1) is 8.18. The SMILES string of the molecule is CCC(CC)(CN)C(=O)NCCn1cccn1. The Hall–Kier alpha value is -1.36. The first-order valence-electron chi connectivity index (χ1n) is 6.14. The highest BCUT2D eigenvalue weighted by Gasteiger charge is 2.32. The highest BCUT2D eigenvalue weighted by atomic mass is 16.2. The minimum atomic E-state index is -0.413. The summed E-state index contributed by atoms with van der Waals surface area (Å²) in [6.45, 7) is 5.68. The Kier molecular flexibility index (Phi) is 5.15. The van der Waals surface area contributed by atoms with Crippen LogP contribution >= 0.6 is 0 Å². The summed E-state index contributed by atoms with van der Waals surface area (Å²) in [7, 11) is 0. The summed E-state index contributed by atoms with van der Waals surface area (Å²) in [6.07, 6.45) is 5.15. The summed E-state index contributed by atoms with van der Waals surface area (Å²) in [6, 6.07) is 1.87. The molecule has 0 aliphatic rings. The predicted octanol–water partition coefficient (Wildman–Crippen LogP) is 0.764. The van der Waals surface area contributed by atoms with Gasteiger partial charge in [0, 0.05) is 25.5 Å². The lowest BCUT2D eigenvalue weighted by atomic mass is 9.81. The third-order valence-electron chi connectivity index (χ3n) is 3.41. The normalized spacial score (nSPS) is 11.5. The van der Waals surface area contributed by atoms with Crippen LogP contribution in [0.15, 0.2) is 18.5 Å². The summed E-state index contributed by atoms with van der Waals surface area (Å²) in [4.78, 5) is 12.1. The van der Waals surface area contributed by atoms with E-state index in [0.29, 0.717) is 19.6 Å². The van der Waals surface area contributed by atoms with Gasteiger partial charge < -0.3 is 11.1 Å². The molecule has 1 amide bonds. The highest BCUT2D eigenvalue weighted by molar-refractivity contribution is 5.82. The van der Waals surface area contributed by atoms with E-state index < -0.39 is 5.41 Å². The molecule has 0 fully saturated rings. The molecule has 1 aromatic heterocycles. The van der Waals surface area contributed by atoms with E-state index in [9.17, 15) is 4.79 Å². The first kappa shape index (κ1) is 13.7. The molecule has 0 aromatic carbocycles. The maximum Gasteiger partial charge on any atom is 0.227 e. The van der Waals surface area contributed by atoms with Crippen LogP contribution in [0.2, 0.25) is 0 Å². The van der Waals surface area contributed by atoms with Gasteiger partial charge in [0.2, 0.25) is 5.91 Å². The Balaban J connectivity index is 2.42. The van der Waals surface area contributed by atoms with Crippen molar-refractivity contribution in [1.82, 2.24) is 15.1 Å². The second-order valence-corrected chi connectivity index (χ2v) is 4.22. The molecule has 5 heteroatoms. The average molecular weight is 238 g/mol. The van der Waals surface area contributed by atoms with Crippen LogP contribution < -0.4 is 11.1 Å². The third kappa shape index (κ3) is 3.30. The van der Waals surface area contributed by atoms with Gasteiger partial charge in [0.05, 0.1) is 12.0 Å². The van der Waals surface area contributed by atoms with Crippen LogP contribution in [0.1, 0.15) is 26.7 Å². The van der Waals surface area contributed by atoms with Crippen molar-refractivity contribution in [2.75, 3.05) is 13.1 Å². The van der Waals surface area contributed by atoms with Crippen LogP contribution in [-0.2, 0) is 11.3 Å². The number of carbonyl (C=O) groups is 1. The molecule has 17 heavy (non-hydrogen) atoms. The Labute approximate surface area is 102 Å². The van der Waals surface area contributed by atoms with Crippen molar-refractivity contribution in [1.29, 1.82) is 0 Å². The minimum Gasteiger partial charge on any atom is -0.354 e. The van der Waals surface area contributed by atoms with Gasteiger partial charge in [0.1, 0.15) is 0 Å². The van der Waals surface area contributed by atoms with Gasteiger partial charge in [-0.2, -0.15) is 5.10 Å². The van der Waals surface area contributed by atoms with Gasteiger partial charge in [-0.1, -0.05) is 13.8 Å². The van der Waals surface area contributed by atoms with E-state index in [1.165, 1.54) is 0 Å². The average Bonchev–Trinajstić information content (AvgIpc) is 2.85. The van der Waals surface area contributed by atoms with E-state index in [-0.39, 0.29) is 5.91 Å². The maximum absolute atomic E-state index is 12.1. The number of aromatic nitrogens is 2. The number of hydrogen-bond donors (Lipinski definition) is 2. The smallest absolute Gasteiger partial charge is 0.227 e. The van der Waals surface area contributed by atoms with E-state index >= 15 is 0 Å². The van der Waals surface area contributed by atoms with Crippen molar-refractivity contribution in [3.8, 4) is 0 Å². The Morgan fingerprint density at radius 2 is 2.18 bits per heavy atom. The van der Waals surface area contributed by atoms with Crippen molar-refractivity contribution < 1.29 is 4.79 Å². The van der Waals surface area contributed by atoms with Crippen LogP contribution in [0, 0.1) is 5.41 Å². The van der Waals surface area contributed by atoms with Crippen molar-refractivity contribution in [3.05, 3.63) is 18.5 Å². The van der Waals surface area contributed by atoms with Gasteiger partial charge in [-0.05, 0) is 18.9 Å². The molecule has 0 atom stereocenters. The molecule has 0 saturated carbocycles. The molecule has 3 N–H and O–H groups in total. The fourth-order valence-corrected chi connectivity index (χ4v) is 1.86. The van der Waals surface area contributed by atoms with Crippen molar-refractivity contribution in [3.63, 3.8) is 0 Å². The zero-order chi connectivity index (χ0) is 12.7. The van der Waals surface area contributed by atoms with Crippen molar-refractivity contribution in [2.45, 2.75) is 33.2 Å². The quantitative estimate of drug-likeness (QED) is 0.736. The zero-order valence-electron chi connectivity index (χ0n) is 10.6. The van der Waals surface area contributed by atoms with E-state index in [1.807, 2.05) is 26.1 Å². The van der Waals surface area contributed by atoms with Crippen LogP contribution in [0.3, 0.4) is 0 Å². The van der Waals surface area contributed by atoms with Gasteiger partial charge in [-0.25, -0.2) is 0 Å². The molecule has 5 nitrogen and oxygen atoms in total. The molecule has 1 heterocycles. The van der Waals surface area contributed by atoms with Crippen LogP contribution in [0.5, 0.6) is 0 Å². The molecular formula is C12H22N4O. The van der Waals surface area contributed by atoms with Gasteiger partial charge in [0.25, 0.3) is 0 Å². The second-order valence-electron chi connectivity index (χ2n) is 4.22. The van der Waals surface area contributed by atoms with Gasteiger partial charge in [-0.3, -0.25) is 9.48 Å². The van der Waals surface area contributed by atoms with Crippen molar-refractivity contribution >= 4 is 5.91 Å². The largest absolute Gasteiger partial charge is 0.354 e. The zero-order valence-corrected chi connectivity index (χ0v) is 10.6. The lowest BCUT2D eigenvalue weighted by molar-refractivity contribution is -0.131. The number of rotatable bonds is 7. The first-order valence-corrected chi connectivity index (χ1v) is 6.14. The molecule has 0 aliphatic heterocycles. The standard InChI is InChI=1S/C12H22N4O/c1-3-12(4-2,10-13)11(17)14-7-9-16-8-5-6-15-16/h5-6,8H,3-4,7,9-10,13H2,1-2H3,(H,14,17). The number of amides is 1. The molecule has 0 aliphatic carbocycles. The predicted molar refractivity (Wildman–Crippen MR) is 67.3 cm³/mol. The van der Waals surface area contributed by atoms with E-state index in [1.54, 1.807) is 10.9 Å². The Morgan fingerprint density at radius 3 is 2.65 bits per heavy atom. The minimum absolute atomic E-state index is 0.0529. The number of nitrogens with two attached hydrogens (primary N) is 1. The summed E-state index contributed by atoms with van der Waals surface area (Å²) in [5.41, 5.74) is 5.31. The number of nitrogens with zero attached hydrogens (tertiary/aromatic N) is 2. The van der Waals surface area contributed by atoms with E-state index in [4.69, 9.17) is 5.73 Å². The van der Waals surface area contributed by atoms with Crippen LogP contribution in [-0.4, -0.2) is 28.8 Å². The lowest BCUT2D eigenvalue weighted by Gasteiger charge is -2.28. The summed E-state index contributed by atoms with van der Waals surface area (Å²) < 4.78 is 1.79. The summed E-state index contributed by atoms with van der Waals surface area (Å²) in [5, 5.41) is 7.01. The monoisotopic (exact) mass is 238 g/mol. The molecule has 1 aromatic rings. The number of nitrogens with one attached hydrogen (secondary N) is 1. The molecule has 0 saturated heterocycles. The Bertz CT molecular complexity index is 322. The fourth-order valence-electron chi connectivity index (χ4n) is 1.86. The molecule has 0 bridgehead atoms. The summed E-state index contributed by atoms with van der Waals surface area (Å²) in [5.74, 6) is 0.0529. The van der Waals surface area contributed by atoms with Gasteiger partial charge >= 0.3 is 0 Å². The maximum atomic E-state index is 12.1. The van der Waals surface area contributed by atoms with Gasteiger partial charge in [-0.15, -0.1) is 0 Å². The second kappa shape index (κ2) is 6.39. The highest BCUT2D eigenvalue weighted by Crippen LogP contribution is 2.24. The number of hydrogen-bond acceptors (Lipinski definition) is 3. The van der Waals surface area contributed by atoms with Crippen LogP contribution in [0.25, 0.3) is 0 Å². The molecular weight excluding hydrogens is 216 g/mol. The number of carbonyl (C=O) groups excluding carboxylic acids is 1. The van der Waals surface area contributed by atoms with Gasteiger partial charge in [0.15, 0.2) is 0 Å². The van der Waals surface area contributed by atoms with E-state index in [2.05, 4.69) is 10.4 Å². The topological polar surface area (TPSA) is 72.9 Å². The Morgan fingerprint density at radius 1 is 1.47 bits per heavy atom.